The highest BCUT2D eigenvalue weighted by Gasteiger charge is 2.27. The van der Waals surface area contributed by atoms with Gasteiger partial charge in [0.2, 0.25) is 0 Å². The Bertz CT molecular complexity index is 1280. The van der Waals surface area contributed by atoms with Crippen molar-refractivity contribution in [1.29, 1.82) is 0 Å². The number of rotatable bonds is 44. The number of allylic oxidation sites excluding steroid dienone is 12. The molecule has 0 aliphatic rings. The summed E-state index contributed by atoms with van der Waals surface area (Å²) in [6, 6.07) is 0. The van der Waals surface area contributed by atoms with Gasteiger partial charge in [0.25, 0.3) is 0 Å². The second-order valence-electron chi connectivity index (χ2n) is 17.5. The van der Waals surface area contributed by atoms with E-state index in [1.165, 1.54) is 57.8 Å². The molecular weight excluding hydrogens is 798 g/mol. The smallest absolute Gasteiger partial charge is 0.462 e. The van der Waals surface area contributed by atoms with Crippen LogP contribution in [0.15, 0.2) is 72.9 Å². The van der Waals surface area contributed by atoms with Crippen LogP contribution in [0, 0.1) is 0 Å². The molecule has 0 heterocycles. The molecule has 0 aliphatic carbocycles. The standard InChI is InChI=1S/C52H92NO8P/c1-6-8-10-12-14-16-18-19-20-21-22-23-24-25-26-27-28-29-30-31-32-33-35-37-39-41-43-45-52(55)61-50(49-60-62(56,57)59-47-46-53(3,4)5)48-58-51(54)44-42-40-38-36-34-17-15-13-11-9-7-2/h8,10,13-16,19-20,22-23,25-26,50H,6-7,9,11-12,17-18,21,24,27-49H2,1-5H3/p+1/b10-8-,15-13-,16-14-,20-19-,23-22-,26-25-. The lowest BCUT2D eigenvalue weighted by Gasteiger charge is -2.24. The predicted molar refractivity (Wildman–Crippen MR) is 261 cm³/mol. The van der Waals surface area contributed by atoms with Crippen molar-refractivity contribution in [2.75, 3.05) is 47.5 Å². The van der Waals surface area contributed by atoms with E-state index in [1.807, 2.05) is 21.1 Å². The second kappa shape index (κ2) is 43.7. The van der Waals surface area contributed by atoms with Crippen LogP contribution in [0.5, 0.6) is 0 Å². The Morgan fingerprint density at radius 1 is 0.516 bits per heavy atom. The minimum atomic E-state index is -4.38. The zero-order chi connectivity index (χ0) is 45.7. The lowest BCUT2D eigenvalue weighted by molar-refractivity contribution is -0.870. The zero-order valence-electron chi connectivity index (χ0n) is 40.3. The molecule has 358 valence electrons. The van der Waals surface area contributed by atoms with Crippen molar-refractivity contribution in [2.24, 2.45) is 0 Å². The number of likely N-dealkylation sites (N-methyl/N-ethyl adjacent to an activating group) is 1. The summed E-state index contributed by atoms with van der Waals surface area (Å²) in [6.07, 6.45) is 55.3. The number of nitrogens with zero attached hydrogens (tertiary/aromatic N) is 1. The van der Waals surface area contributed by atoms with Gasteiger partial charge in [-0.25, -0.2) is 4.57 Å². The molecule has 0 spiro atoms. The van der Waals surface area contributed by atoms with E-state index in [9.17, 15) is 19.0 Å². The molecule has 2 unspecified atom stereocenters. The molecule has 0 rings (SSSR count). The molecule has 0 saturated carbocycles. The number of phosphoric acid groups is 1. The van der Waals surface area contributed by atoms with Gasteiger partial charge >= 0.3 is 19.8 Å². The van der Waals surface area contributed by atoms with Crippen molar-refractivity contribution in [3.05, 3.63) is 72.9 Å². The molecule has 10 heteroatoms. The van der Waals surface area contributed by atoms with Crippen molar-refractivity contribution >= 4 is 19.8 Å². The Kier molecular flexibility index (Phi) is 41.9. The van der Waals surface area contributed by atoms with Crippen LogP contribution < -0.4 is 0 Å². The molecule has 1 N–H and O–H groups in total. The molecule has 0 aliphatic heterocycles. The third-order valence-corrected chi connectivity index (χ3v) is 11.2. The molecule has 0 amide bonds. The summed E-state index contributed by atoms with van der Waals surface area (Å²) in [5.41, 5.74) is 0. The van der Waals surface area contributed by atoms with Gasteiger partial charge in [-0.3, -0.25) is 18.6 Å². The van der Waals surface area contributed by atoms with E-state index in [2.05, 4.69) is 86.8 Å². The van der Waals surface area contributed by atoms with Gasteiger partial charge in [0.15, 0.2) is 6.10 Å². The van der Waals surface area contributed by atoms with Gasteiger partial charge in [-0.2, -0.15) is 0 Å². The second-order valence-corrected chi connectivity index (χ2v) is 18.9. The monoisotopic (exact) mass is 891 g/mol. The first kappa shape index (κ1) is 59.5. The fourth-order valence-corrected chi connectivity index (χ4v) is 7.12. The summed E-state index contributed by atoms with van der Waals surface area (Å²) >= 11 is 0. The average molecular weight is 891 g/mol. The molecule has 0 aromatic rings. The highest BCUT2D eigenvalue weighted by molar-refractivity contribution is 7.47. The lowest BCUT2D eigenvalue weighted by Crippen LogP contribution is -2.37. The predicted octanol–water partition coefficient (Wildman–Crippen LogP) is 14.6. The quantitative estimate of drug-likeness (QED) is 0.0212. The molecule has 62 heavy (non-hydrogen) atoms. The van der Waals surface area contributed by atoms with E-state index in [0.717, 1.165) is 103 Å². The van der Waals surface area contributed by atoms with E-state index < -0.39 is 26.5 Å². The van der Waals surface area contributed by atoms with Gasteiger partial charge in [0.05, 0.1) is 27.7 Å². The van der Waals surface area contributed by atoms with Gasteiger partial charge in [-0.15, -0.1) is 0 Å². The fraction of sp³-hybridized carbons (Fsp3) is 0.731. The number of hydrogen-bond acceptors (Lipinski definition) is 7. The largest absolute Gasteiger partial charge is 0.472 e. The average Bonchev–Trinajstić information content (AvgIpc) is 3.23. The Morgan fingerprint density at radius 2 is 0.919 bits per heavy atom. The third kappa shape index (κ3) is 46.9. The lowest BCUT2D eigenvalue weighted by atomic mass is 10.0. The van der Waals surface area contributed by atoms with Gasteiger partial charge in [-0.1, -0.05) is 177 Å². The first-order valence-electron chi connectivity index (χ1n) is 24.7. The molecular formula is C52H93NO8P+. The fourth-order valence-electron chi connectivity index (χ4n) is 6.37. The van der Waals surface area contributed by atoms with Crippen molar-refractivity contribution in [1.82, 2.24) is 0 Å². The number of carbonyl (C=O) groups excluding carboxylic acids is 2. The number of carbonyl (C=O) groups is 2. The van der Waals surface area contributed by atoms with E-state index >= 15 is 0 Å². The van der Waals surface area contributed by atoms with Crippen LogP contribution in [-0.2, 0) is 32.7 Å². The molecule has 0 aromatic carbocycles. The Morgan fingerprint density at radius 3 is 1.39 bits per heavy atom. The van der Waals surface area contributed by atoms with Crippen molar-refractivity contribution in [3.8, 4) is 0 Å². The van der Waals surface area contributed by atoms with Crippen LogP contribution in [0.4, 0.5) is 0 Å². The highest BCUT2D eigenvalue weighted by Crippen LogP contribution is 2.43. The molecule has 0 bridgehead atoms. The number of phosphoric ester groups is 1. The Labute approximate surface area is 380 Å². The minimum absolute atomic E-state index is 0.0271. The van der Waals surface area contributed by atoms with Crippen molar-refractivity contribution in [2.45, 2.75) is 200 Å². The first-order valence-corrected chi connectivity index (χ1v) is 26.2. The van der Waals surface area contributed by atoms with Gasteiger partial charge < -0.3 is 18.9 Å². The van der Waals surface area contributed by atoms with Crippen molar-refractivity contribution < 1.29 is 42.1 Å². The van der Waals surface area contributed by atoms with E-state index in [0.29, 0.717) is 17.4 Å². The van der Waals surface area contributed by atoms with Crippen LogP contribution in [0.1, 0.15) is 194 Å². The maximum Gasteiger partial charge on any atom is 0.472 e. The number of unbranched alkanes of at least 4 members (excludes halogenated alkanes) is 18. The van der Waals surface area contributed by atoms with Crippen LogP contribution in [0.2, 0.25) is 0 Å². The summed E-state index contributed by atoms with van der Waals surface area (Å²) in [4.78, 5) is 35.4. The molecule has 2 atom stereocenters. The number of quaternary nitrogens is 1. The molecule has 0 aromatic heterocycles. The molecule has 0 radical (unpaired) electrons. The SMILES string of the molecule is CC/C=C\C/C=C\C/C=C\C/C=C\C/C=C\CCCCCCCCCCCCCC(=O)OC(COC(=O)CCCCCCC/C=C\CCCC)COP(=O)(O)OCC[N+](C)(C)C. The van der Waals surface area contributed by atoms with Crippen LogP contribution in [-0.4, -0.2) is 74.9 Å². The molecule has 0 saturated heterocycles. The normalized spacial score (nSPS) is 14.1. The van der Waals surface area contributed by atoms with Crippen LogP contribution >= 0.6 is 7.82 Å². The molecule has 9 nitrogen and oxygen atoms in total. The summed E-state index contributed by atoms with van der Waals surface area (Å²) in [7, 11) is 1.46. The summed E-state index contributed by atoms with van der Waals surface area (Å²) in [5, 5.41) is 0. The summed E-state index contributed by atoms with van der Waals surface area (Å²) in [5.74, 6) is -0.816. The number of esters is 2. The maximum atomic E-state index is 12.7. The number of hydrogen-bond donors (Lipinski definition) is 1. The van der Waals surface area contributed by atoms with E-state index in [-0.39, 0.29) is 32.0 Å². The van der Waals surface area contributed by atoms with Crippen molar-refractivity contribution in [3.63, 3.8) is 0 Å². The zero-order valence-corrected chi connectivity index (χ0v) is 41.2. The van der Waals surface area contributed by atoms with Crippen LogP contribution in [0.25, 0.3) is 0 Å². The highest BCUT2D eigenvalue weighted by atomic mass is 31.2. The summed E-state index contributed by atoms with van der Waals surface area (Å²) in [6.45, 7) is 4.25. The Hall–Kier alpha value is -2.55. The topological polar surface area (TPSA) is 108 Å². The minimum Gasteiger partial charge on any atom is -0.462 e. The van der Waals surface area contributed by atoms with E-state index in [4.69, 9.17) is 18.5 Å². The first-order chi connectivity index (χ1) is 30.0. The van der Waals surface area contributed by atoms with Gasteiger partial charge in [0.1, 0.15) is 19.8 Å². The Balaban J connectivity index is 4.19. The van der Waals surface area contributed by atoms with Crippen LogP contribution in [0.3, 0.4) is 0 Å². The third-order valence-electron chi connectivity index (χ3n) is 10.2. The number of ether oxygens (including phenoxy) is 2. The maximum absolute atomic E-state index is 12.7. The summed E-state index contributed by atoms with van der Waals surface area (Å²) < 4.78 is 34.3. The van der Waals surface area contributed by atoms with Gasteiger partial charge in [0, 0.05) is 12.8 Å². The molecule has 0 fully saturated rings. The van der Waals surface area contributed by atoms with Gasteiger partial charge in [-0.05, 0) is 77.0 Å². The van der Waals surface area contributed by atoms with E-state index in [1.54, 1.807) is 0 Å².